The fourth-order valence-corrected chi connectivity index (χ4v) is 1.32. The lowest BCUT2D eigenvalue weighted by atomic mass is 10.0. The third-order valence-electron chi connectivity index (χ3n) is 1.92. The molecule has 0 nitrogen and oxygen atoms in total. The molecule has 0 spiro atoms. The van der Waals surface area contributed by atoms with E-state index < -0.39 is 0 Å². The van der Waals surface area contributed by atoms with Gasteiger partial charge in [0.05, 0.1) is 0 Å². The van der Waals surface area contributed by atoms with Crippen molar-refractivity contribution < 1.29 is 0 Å². The van der Waals surface area contributed by atoms with Crippen LogP contribution in [0, 0.1) is 19.9 Å². The number of hydrogen-bond acceptors (Lipinski definition) is 0. The lowest BCUT2D eigenvalue weighted by Crippen LogP contribution is -1.89. The van der Waals surface area contributed by atoms with Crippen LogP contribution in [0.3, 0.4) is 0 Å². The highest BCUT2D eigenvalue weighted by molar-refractivity contribution is 5.32. The van der Waals surface area contributed by atoms with Crippen molar-refractivity contribution in [1.82, 2.24) is 0 Å². The second-order valence-electron chi connectivity index (χ2n) is 2.62. The monoisotopic (exact) mass is 133 g/mol. The van der Waals surface area contributed by atoms with Gasteiger partial charge in [-0.1, -0.05) is 19.1 Å². The maximum atomic E-state index is 3.19. The van der Waals surface area contributed by atoms with Gasteiger partial charge < -0.3 is 0 Å². The van der Waals surface area contributed by atoms with E-state index in [2.05, 4.69) is 32.9 Å². The van der Waals surface area contributed by atoms with E-state index in [4.69, 9.17) is 0 Å². The van der Waals surface area contributed by atoms with Crippen molar-refractivity contribution in [1.29, 1.82) is 0 Å². The third-order valence-corrected chi connectivity index (χ3v) is 1.92. The van der Waals surface area contributed by atoms with Crippen molar-refractivity contribution in [3.05, 3.63) is 34.9 Å². The summed E-state index contributed by atoms with van der Waals surface area (Å²) in [5, 5.41) is 0. The van der Waals surface area contributed by atoms with Gasteiger partial charge in [-0.2, -0.15) is 0 Å². The molecule has 0 aliphatic rings. The summed E-state index contributed by atoms with van der Waals surface area (Å²) in [4.78, 5) is 0. The second kappa shape index (κ2) is 2.87. The molecule has 53 valence electrons. The van der Waals surface area contributed by atoms with Crippen LogP contribution in [0.2, 0.25) is 0 Å². The van der Waals surface area contributed by atoms with Gasteiger partial charge in [-0.25, -0.2) is 0 Å². The molecule has 0 aliphatic carbocycles. The predicted octanol–water partition coefficient (Wildman–Crippen LogP) is 2.67. The zero-order valence-corrected chi connectivity index (χ0v) is 6.86. The molecule has 0 bridgehead atoms. The van der Waals surface area contributed by atoms with Crippen LogP contribution in [0.4, 0.5) is 0 Å². The number of aryl methyl sites for hydroxylation is 2. The minimum atomic E-state index is 1.12. The van der Waals surface area contributed by atoms with Gasteiger partial charge >= 0.3 is 0 Å². The molecule has 0 heteroatoms. The van der Waals surface area contributed by atoms with Crippen molar-refractivity contribution in [2.45, 2.75) is 27.2 Å². The molecule has 0 N–H and O–H groups in total. The highest BCUT2D eigenvalue weighted by atomic mass is 14.0. The first kappa shape index (κ1) is 7.33. The SMILES string of the molecule is CCc1c(C)[c]ccc1C. The molecule has 0 amide bonds. The Labute approximate surface area is 62.9 Å². The number of rotatable bonds is 1. The van der Waals surface area contributed by atoms with Crippen LogP contribution in [0.5, 0.6) is 0 Å². The Morgan fingerprint density at radius 1 is 1.40 bits per heavy atom. The Morgan fingerprint density at radius 3 is 2.50 bits per heavy atom. The van der Waals surface area contributed by atoms with Gasteiger partial charge in [-0.05, 0) is 43.0 Å². The van der Waals surface area contributed by atoms with Crippen molar-refractivity contribution in [2.24, 2.45) is 0 Å². The molecule has 1 aromatic carbocycles. The van der Waals surface area contributed by atoms with Crippen LogP contribution in [0.15, 0.2) is 12.1 Å². The van der Waals surface area contributed by atoms with E-state index in [-0.39, 0.29) is 0 Å². The molecule has 1 aromatic rings. The lowest BCUT2D eigenvalue weighted by molar-refractivity contribution is 1.08. The standard InChI is InChI=1S/C10H13/c1-4-10-8(2)6-5-7-9(10)3/h5-6H,4H2,1-3H3. The van der Waals surface area contributed by atoms with Crippen LogP contribution in [0.25, 0.3) is 0 Å². The van der Waals surface area contributed by atoms with Crippen molar-refractivity contribution >= 4 is 0 Å². The van der Waals surface area contributed by atoms with Crippen molar-refractivity contribution in [3.63, 3.8) is 0 Å². The van der Waals surface area contributed by atoms with Gasteiger partial charge in [0.2, 0.25) is 0 Å². The maximum absolute atomic E-state index is 3.19. The van der Waals surface area contributed by atoms with Crippen LogP contribution in [-0.4, -0.2) is 0 Å². The molecule has 10 heavy (non-hydrogen) atoms. The number of benzene rings is 1. The van der Waals surface area contributed by atoms with E-state index in [0.29, 0.717) is 0 Å². The molecule has 0 aliphatic heterocycles. The Bertz CT molecular complexity index is 203. The molecular weight excluding hydrogens is 120 g/mol. The maximum Gasteiger partial charge on any atom is -0.0149 e. The van der Waals surface area contributed by atoms with E-state index in [1.54, 1.807) is 0 Å². The summed E-state index contributed by atoms with van der Waals surface area (Å²) in [5.41, 5.74) is 4.13. The van der Waals surface area contributed by atoms with Crippen molar-refractivity contribution in [2.75, 3.05) is 0 Å². The zero-order valence-electron chi connectivity index (χ0n) is 6.86. The first-order valence-corrected chi connectivity index (χ1v) is 3.72. The summed E-state index contributed by atoms with van der Waals surface area (Å²) < 4.78 is 0. The number of hydrogen-bond donors (Lipinski definition) is 0. The average Bonchev–Trinajstić information content (AvgIpc) is 1.88. The highest BCUT2D eigenvalue weighted by Crippen LogP contribution is 2.12. The van der Waals surface area contributed by atoms with Crippen LogP contribution in [-0.2, 0) is 6.42 Å². The van der Waals surface area contributed by atoms with E-state index in [0.717, 1.165) is 6.42 Å². The normalized spacial score (nSPS) is 9.90. The Kier molecular flexibility index (Phi) is 2.10. The zero-order chi connectivity index (χ0) is 7.56. The topological polar surface area (TPSA) is 0 Å². The molecule has 0 saturated carbocycles. The summed E-state index contributed by atoms with van der Waals surface area (Å²) >= 11 is 0. The van der Waals surface area contributed by atoms with Crippen LogP contribution < -0.4 is 0 Å². The second-order valence-corrected chi connectivity index (χ2v) is 2.62. The Morgan fingerprint density at radius 2 is 2.10 bits per heavy atom. The first-order chi connectivity index (χ1) is 4.75. The van der Waals surface area contributed by atoms with E-state index in [1.807, 2.05) is 6.07 Å². The van der Waals surface area contributed by atoms with E-state index in [9.17, 15) is 0 Å². The Hall–Kier alpha value is -0.780. The van der Waals surface area contributed by atoms with E-state index >= 15 is 0 Å². The highest BCUT2D eigenvalue weighted by Gasteiger charge is 1.96. The first-order valence-electron chi connectivity index (χ1n) is 3.72. The minimum Gasteiger partial charge on any atom is -0.0613 e. The predicted molar refractivity (Wildman–Crippen MR) is 44.1 cm³/mol. The summed E-state index contributed by atoms with van der Waals surface area (Å²) in [6.45, 7) is 6.45. The molecule has 0 unspecified atom stereocenters. The largest absolute Gasteiger partial charge is 0.0613 e. The fraction of sp³-hybridized carbons (Fsp3) is 0.400. The van der Waals surface area contributed by atoms with E-state index in [1.165, 1.54) is 16.7 Å². The van der Waals surface area contributed by atoms with Crippen LogP contribution >= 0.6 is 0 Å². The summed E-state index contributed by atoms with van der Waals surface area (Å²) in [7, 11) is 0. The van der Waals surface area contributed by atoms with Gasteiger partial charge in [0.1, 0.15) is 0 Å². The molecule has 0 fully saturated rings. The molecule has 1 rings (SSSR count). The smallest absolute Gasteiger partial charge is 0.0149 e. The van der Waals surface area contributed by atoms with Gasteiger partial charge in [-0.15, -0.1) is 0 Å². The molecule has 0 heterocycles. The fourth-order valence-electron chi connectivity index (χ4n) is 1.32. The summed E-state index contributed by atoms with van der Waals surface area (Å²) in [6.07, 6.45) is 1.12. The lowest BCUT2D eigenvalue weighted by Gasteiger charge is -2.04. The third kappa shape index (κ3) is 1.21. The van der Waals surface area contributed by atoms with Gasteiger partial charge in [0.25, 0.3) is 0 Å². The van der Waals surface area contributed by atoms with Crippen molar-refractivity contribution in [3.8, 4) is 0 Å². The quantitative estimate of drug-likeness (QED) is 0.552. The minimum absolute atomic E-state index is 1.12. The molecule has 0 saturated heterocycles. The van der Waals surface area contributed by atoms with Crippen LogP contribution in [0.1, 0.15) is 23.6 Å². The Balaban J connectivity index is 3.17. The molecule has 0 aromatic heterocycles. The average molecular weight is 133 g/mol. The summed E-state index contributed by atoms with van der Waals surface area (Å²) in [6, 6.07) is 7.30. The molecule has 1 radical (unpaired) electrons. The van der Waals surface area contributed by atoms with Gasteiger partial charge in [-0.3, -0.25) is 0 Å². The summed E-state index contributed by atoms with van der Waals surface area (Å²) in [5.74, 6) is 0. The van der Waals surface area contributed by atoms with Gasteiger partial charge in [0, 0.05) is 0 Å². The molecule has 0 atom stereocenters. The van der Waals surface area contributed by atoms with Gasteiger partial charge in [0.15, 0.2) is 0 Å². The molecular formula is C10H13.